The first kappa shape index (κ1) is 9.78. The minimum absolute atomic E-state index is 0.0687. The van der Waals surface area contributed by atoms with Crippen molar-refractivity contribution in [1.29, 1.82) is 0 Å². The molecule has 0 saturated carbocycles. The van der Waals surface area contributed by atoms with Crippen LogP contribution in [0, 0.1) is 6.92 Å². The predicted molar refractivity (Wildman–Crippen MR) is 51.9 cm³/mol. The summed E-state index contributed by atoms with van der Waals surface area (Å²) in [5, 5.41) is 9.56. The Bertz CT molecular complexity index is 329. The number of benzene rings is 1. The van der Waals surface area contributed by atoms with Crippen LogP contribution in [-0.4, -0.2) is 10.9 Å². The van der Waals surface area contributed by atoms with Gasteiger partial charge in [0, 0.05) is 11.5 Å². The van der Waals surface area contributed by atoms with Crippen LogP contribution in [-0.2, 0) is 4.79 Å². The van der Waals surface area contributed by atoms with Gasteiger partial charge in [-0.25, -0.2) is 0 Å². The van der Waals surface area contributed by atoms with Crippen molar-refractivity contribution in [3.63, 3.8) is 0 Å². The molecular formula is C11H14O2. The minimum Gasteiger partial charge on any atom is -0.508 e. The number of hydrogen-bond acceptors (Lipinski definition) is 2. The van der Waals surface area contributed by atoms with Gasteiger partial charge in [-0.2, -0.15) is 0 Å². The molecule has 0 fully saturated rings. The summed E-state index contributed by atoms with van der Waals surface area (Å²) in [5.74, 6) is 0.0578. The summed E-state index contributed by atoms with van der Waals surface area (Å²) in [7, 11) is 0. The molecule has 0 heterocycles. The van der Waals surface area contributed by atoms with E-state index in [1.54, 1.807) is 19.1 Å². The molecule has 0 unspecified atom stereocenters. The van der Waals surface area contributed by atoms with Crippen molar-refractivity contribution < 1.29 is 9.90 Å². The molecule has 1 atom stereocenters. The highest BCUT2D eigenvalue weighted by atomic mass is 16.3. The Kier molecular flexibility index (Phi) is 2.71. The molecule has 13 heavy (non-hydrogen) atoms. The van der Waals surface area contributed by atoms with Crippen molar-refractivity contribution in [2.75, 3.05) is 0 Å². The molecule has 1 aromatic rings. The van der Waals surface area contributed by atoms with Gasteiger partial charge in [0.1, 0.15) is 11.5 Å². The van der Waals surface area contributed by atoms with Crippen LogP contribution < -0.4 is 0 Å². The first-order valence-electron chi connectivity index (χ1n) is 4.32. The maximum Gasteiger partial charge on any atom is 0.137 e. The van der Waals surface area contributed by atoms with Gasteiger partial charge in [0.2, 0.25) is 0 Å². The minimum atomic E-state index is -0.222. The quantitative estimate of drug-likeness (QED) is 0.755. The van der Waals surface area contributed by atoms with Crippen LogP contribution in [0.5, 0.6) is 5.75 Å². The molecule has 2 nitrogen and oxygen atoms in total. The molecule has 1 N–H and O–H groups in total. The molecule has 0 aliphatic heterocycles. The van der Waals surface area contributed by atoms with E-state index in [2.05, 4.69) is 0 Å². The Balaban J connectivity index is 3.08. The zero-order valence-corrected chi connectivity index (χ0v) is 8.16. The van der Waals surface area contributed by atoms with Crippen molar-refractivity contribution in [2.24, 2.45) is 0 Å². The van der Waals surface area contributed by atoms with E-state index >= 15 is 0 Å². The maximum absolute atomic E-state index is 11.1. The van der Waals surface area contributed by atoms with Gasteiger partial charge in [0.25, 0.3) is 0 Å². The Morgan fingerprint density at radius 2 is 2.08 bits per heavy atom. The molecule has 70 valence electrons. The summed E-state index contributed by atoms with van der Waals surface area (Å²) in [4.78, 5) is 11.1. The van der Waals surface area contributed by atoms with Gasteiger partial charge in [0.15, 0.2) is 0 Å². The fourth-order valence-electron chi connectivity index (χ4n) is 1.24. The third-order valence-electron chi connectivity index (χ3n) is 2.26. The van der Waals surface area contributed by atoms with Crippen molar-refractivity contribution in [3.05, 3.63) is 29.3 Å². The third-order valence-corrected chi connectivity index (χ3v) is 2.26. The number of aromatic hydroxyl groups is 1. The van der Waals surface area contributed by atoms with Gasteiger partial charge < -0.3 is 5.11 Å². The number of carbonyl (C=O) groups excluding carboxylic acids is 1. The normalized spacial score (nSPS) is 12.5. The van der Waals surface area contributed by atoms with Crippen LogP contribution in [0.15, 0.2) is 18.2 Å². The number of carbonyl (C=O) groups is 1. The zero-order valence-electron chi connectivity index (χ0n) is 8.16. The van der Waals surface area contributed by atoms with E-state index in [0.29, 0.717) is 5.56 Å². The van der Waals surface area contributed by atoms with Crippen molar-refractivity contribution in [3.8, 4) is 5.75 Å². The fraction of sp³-hybridized carbons (Fsp3) is 0.364. The second-order valence-corrected chi connectivity index (χ2v) is 3.39. The van der Waals surface area contributed by atoms with E-state index in [4.69, 9.17) is 0 Å². The Hall–Kier alpha value is -1.31. The molecule has 0 bridgehead atoms. The van der Waals surface area contributed by atoms with Gasteiger partial charge in [-0.1, -0.05) is 19.1 Å². The molecule has 0 aliphatic carbocycles. The molecular weight excluding hydrogens is 164 g/mol. The number of phenolic OH excluding ortho intramolecular Hbond substituents is 1. The number of Topliss-reactive ketones (excluding diaryl/α,β-unsaturated/α-hetero) is 1. The van der Waals surface area contributed by atoms with E-state index in [1.165, 1.54) is 6.92 Å². The van der Waals surface area contributed by atoms with Crippen molar-refractivity contribution >= 4 is 5.78 Å². The highest BCUT2D eigenvalue weighted by molar-refractivity contribution is 5.83. The summed E-state index contributed by atoms with van der Waals surface area (Å²) in [6.07, 6.45) is 0. The lowest BCUT2D eigenvalue weighted by atomic mass is 9.96. The number of phenols is 1. The summed E-state index contributed by atoms with van der Waals surface area (Å²) in [6.45, 7) is 5.23. The van der Waals surface area contributed by atoms with Crippen molar-refractivity contribution in [2.45, 2.75) is 26.7 Å². The largest absolute Gasteiger partial charge is 0.508 e. The van der Waals surface area contributed by atoms with Crippen LogP contribution in [0.3, 0.4) is 0 Å². The number of ketones is 1. The van der Waals surface area contributed by atoms with Crippen LogP contribution in [0.4, 0.5) is 0 Å². The first-order chi connectivity index (χ1) is 6.02. The molecule has 0 aromatic heterocycles. The Morgan fingerprint density at radius 3 is 2.54 bits per heavy atom. The number of hydrogen-bond donors (Lipinski definition) is 1. The third kappa shape index (κ3) is 2.08. The van der Waals surface area contributed by atoms with Gasteiger partial charge in [0.05, 0.1) is 0 Å². The standard InChI is InChI=1S/C11H14O2/c1-7-4-5-10(11(13)6-7)8(2)9(3)12/h4-6,8,13H,1-3H3/t8-/m1/s1. The molecule has 1 aromatic carbocycles. The van der Waals surface area contributed by atoms with E-state index < -0.39 is 0 Å². The molecule has 0 amide bonds. The second-order valence-electron chi connectivity index (χ2n) is 3.39. The Labute approximate surface area is 78.2 Å². The zero-order chi connectivity index (χ0) is 10.0. The summed E-state index contributed by atoms with van der Waals surface area (Å²) in [6, 6.07) is 5.38. The van der Waals surface area contributed by atoms with Gasteiger partial charge in [-0.3, -0.25) is 4.79 Å². The number of rotatable bonds is 2. The summed E-state index contributed by atoms with van der Waals surface area (Å²) in [5.41, 5.74) is 1.70. The van der Waals surface area contributed by atoms with E-state index in [1.807, 2.05) is 13.0 Å². The van der Waals surface area contributed by atoms with E-state index in [9.17, 15) is 9.90 Å². The first-order valence-corrected chi connectivity index (χ1v) is 4.32. The molecule has 2 heteroatoms. The van der Waals surface area contributed by atoms with Gasteiger partial charge >= 0.3 is 0 Å². The van der Waals surface area contributed by atoms with Crippen LogP contribution in [0.1, 0.15) is 30.9 Å². The average Bonchev–Trinajstić information content (AvgIpc) is 2.03. The lowest BCUT2D eigenvalue weighted by Crippen LogP contribution is -2.04. The Morgan fingerprint density at radius 1 is 1.46 bits per heavy atom. The highest BCUT2D eigenvalue weighted by Gasteiger charge is 2.13. The molecule has 0 radical (unpaired) electrons. The predicted octanol–water partition coefficient (Wildman–Crippen LogP) is 2.39. The van der Waals surface area contributed by atoms with Crippen molar-refractivity contribution in [1.82, 2.24) is 0 Å². The van der Waals surface area contributed by atoms with Gasteiger partial charge in [-0.15, -0.1) is 0 Å². The highest BCUT2D eigenvalue weighted by Crippen LogP contribution is 2.26. The van der Waals surface area contributed by atoms with E-state index in [0.717, 1.165) is 5.56 Å². The average molecular weight is 178 g/mol. The molecule has 1 rings (SSSR count). The van der Waals surface area contributed by atoms with Crippen LogP contribution in [0.25, 0.3) is 0 Å². The summed E-state index contributed by atoms with van der Waals surface area (Å²) >= 11 is 0. The SMILES string of the molecule is CC(=O)[C@@H](C)c1ccc(C)cc1O. The topological polar surface area (TPSA) is 37.3 Å². The lowest BCUT2D eigenvalue weighted by molar-refractivity contribution is -0.118. The molecule has 0 spiro atoms. The molecule has 0 aliphatic rings. The monoisotopic (exact) mass is 178 g/mol. The van der Waals surface area contributed by atoms with E-state index in [-0.39, 0.29) is 17.5 Å². The number of aryl methyl sites for hydroxylation is 1. The van der Waals surface area contributed by atoms with Gasteiger partial charge in [-0.05, 0) is 25.5 Å². The van der Waals surface area contributed by atoms with Crippen LogP contribution >= 0.6 is 0 Å². The molecule has 0 saturated heterocycles. The maximum atomic E-state index is 11.1. The van der Waals surface area contributed by atoms with Crippen LogP contribution in [0.2, 0.25) is 0 Å². The second kappa shape index (κ2) is 3.60. The summed E-state index contributed by atoms with van der Waals surface area (Å²) < 4.78 is 0. The smallest absolute Gasteiger partial charge is 0.137 e. The fourth-order valence-corrected chi connectivity index (χ4v) is 1.24. The lowest BCUT2D eigenvalue weighted by Gasteiger charge is -2.10.